The van der Waals surface area contributed by atoms with Crippen LogP contribution in [0.15, 0.2) is 53.9 Å². The Bertz CT molecular complexity index is 1210. The van der Waals surface area contributed by atoms with Crippen molar-refractivity contribution < 1.29 is 24.2 Å². The number of carboxylic acid groups (broad SMARTS) is 1. The number of hydrogen-bond donors (Lipinski definition) is 3. The molecule has 174 valence electrons. The maximum Gasteiger partial charge on any atom is 0.413 e. The number of carbonyl (C=O) groups is 3. The maximum absolute atomic E-state index is 12.5. The summed E-state index contributed by atoms with van der Waals surface area (Å²) >= 11 is 1.11. The molecule has 2 aliphatic carbocycles. The van der Waals surface area contributed by atoms with E-state index in [9.17, 15) is 19.5 Å². The zero-order valence-electron chi connectivity index (χ0n) is 18.2. The van der Waals surface area contributed by atoms with Crippen LogP contribution in [0.25, 0.3) is 11.1 Å². The first kappa shape index (κ1) is 22.1. The van der Waals surface area contributed by atoms with Crippen molar-refractivity contribution >= 4 is 34.4 Å². The molecular formula is C25H23N3O5S. The fourth-order valence-corrected chi connectivity index (χ4v) is 5.50. The molecule has 2 aromatic carbocycles. The van der Waals surface area contributed by atoms with E-state index in [0.717, 1.165) is 40.0 Å². The number of anilines is 1. The van der Waals surface area contributed by atoms with Crippen molar-refractivity contribution in [2.24, 2.45) is 5.92 Å². The van der Waals surface area contributed by atoms with Crippen LogP contribution in [-0.4, -0.2) is 40.7 Å². The van der Waals surface area contributed by atoms with Crippen molar-refractivity contribution in [2.75, 3.05) is 11.9 Å². The maximum atomic E-state index is 12.5. The van der Waals surface area contributed by atoms with Crippen LogP contribution in [0.4, 0.5) is 9.93 Å². The minimum Gasteiger partial charge on any atom is -0.481 e. The standard InChI is InChI=1S/C25H23N3O5S/c29-22(26-20-11-5-10-18(20)23(30)31)21-13-34-24(27-21)28-25(32)33-12-19-16-8-3-1-6-14(16)15-7-2-4-9-17(15)19/h1-4,6-9,13,18-20H,5,10-12H2,(H,26,29)(H,30,31)(H,27,28,32)/t18-,20+/m0/s1. The Morgan fingerprint density at radius 1 is 1.03 bits per heavy atom. The number of nitrogens with zero attached hydrogens (tertiary/aromatic N) is 1. The molecule has 2 atom stereocenters. The van der Waals surface area contributed by atoms with E-state index in [1.165, 1.54) is 5.38 Å². The van der Waals surface area contributed by atoms with Gasteiger partial charge in [-0.15, -0.1) is 11.3 Å². The minimum atomic E-state index is -0.904. The topological polar surface area (TPSA) is 118 Å². The van der Waals surface area contributed by atoms with Crippen LogP contribution in [0.1, 0.15) is 46.8 Å². The molecule has 0 aliphatic heterocycles. The van der Waals surface area contributed by atoms with Crippen molar-refractivity contribution in [2.45, 2.75) is 31.2 Å². The fraction of sp³-hybridized carbons (Fsp3) is 0.280. The molecular weight excluding hydrogens is 454 g/mol. The molecule has 3 N–H and O–H groups in total. The zero-order valence-corrected chi connectivity index (χ0v) is 19.0. The Morgan fingerprint density at radius 3 is 2.38 bits per heavy atom. The van der Waals surface area contributed by atoms with Crippen molar-refractivity contribution in [3.63, 3.8) is 0 Å². The molecule has 1 aromatic heterocycles. The van der Waals surface area contributed by atoms with Crippen molar-refractivity contribution in [1.29, 1.82) is 0 Å². The number of thiazole rings is 1. The van der Waals surface area contributed by atoms with Gasteiger partial charge in [0.1, 0.15) is 12.3 Å². The highest BCUT2D eigenvalue weighted by Gasteiger charge is 2.34. The molecule has 0 bridgehead atoms. The second-order valence-electron chi connectivity index (χ2n) is 8.44. The molecule has 3 aromatic rings. The Morgan fingerprint density at radius 2 is 1.71 bits per heavy atom. The number of hydrogen-bond acceptors (Lipinski definition) is 6. The summed E-state index contributed by atoms with van der Waals surface area (Å²) in [5, 5.41) is 16.4. The van der Waals surface area contributed by atoms with Crippen LogP contribution >= 0.6 is 11.3 Å². The highest BCUT2D eigenvalue weighted by Crippen LogP contribution is 2.44. The summed E-state index contributed by atoms with van der Waals surface area (Å²) in [4.78, 5) is 40.4. The molecule has 1 fully saturated rings. The molecule has 9 heteroatoms. The van der Waals surface area contributed by atoms with Gasteiger partial charge in [0.25, 0.3) is 5.91 Å². The molecule has 1 saturated carbocycles. The van der Waals surface area contributed by atoms with Crippen LogP contribution < -0.4 is 10.6 Å². The number of aliphatic carboxylic acids is 1. The minimum absolute atomic E-state index is 0.0515. The number of rotatable bonds is 6. The number of ether oxygens (including phenoxy) is 1. The molecule has 0 radical (unpaired) electrons. The number of aromatic nitrogens is 1. The lowest BCUT2D eigenvalue weighted by Crippen LogP contribution is -2.40. The summed E-state index contributed by atoms with van der Waals surface area (Å²) in [6, 6.07) is 15.8. The Hall–Kier alpha value is -3.72. The number of amides is 2. The van der Waals surface area contributed by atoms with E-state index < -0.39 is 29.9 Å². The van der Waals surface area contributed by atoms with Crippen LogP contribution in [0.5, 0.6) is 0 Å². The smallest absolute Gasteiger partial charge is 0.413 e. The molecule has 8 nitrogen and oxygen atoms in total. The third kappa shape index (κ3) is 4.26. The van der Waals surface area contributed by atoms with E-state index in [-0.39, 0.29) is 23.4 Å². The lowest BCUT2D eigenvalue weighted by molar-refractivity contribution is -0.142. The summed E-state index contributed by atoms with van der Waals surface area (Å²) in [7, 11) is 0. The summed E-state index contributed by atoms with van der Waals surface area (Å²) in [6.07, 6.45) is 1.28. The summed E-state index contributed by atoms with van der Waals surface area (Å²) < 4.78 is 5.51. The van der Waals surface area contributed by atoms with Crippen molar-refractivity contribution in [3.8, 4) is 11.1 Å². The van der Waals surface area contributed by atoms with Gasteiger partial charge in [-0.2, -0.15) is 0 Å². The molecule has 34 heavy (non-hydrogen) atoms. The van der Waals surface area contributed by atoms with Gasteiger partial charge < -0.3 is 15.2 Å². The Balaban J connectivity index is 1.19. The summed E-state index contributed by atoms with van der Waals surface area (Å²) in [5.74, 6) is -1.99. The van der Waals surface area contributed by atoms with Crippen LogP contribution in [0.2, 0.25) is 0 Å². The fourth-order valence-electron chi connectivity index (χ4n) is 4.83. The van der Waals surface area contributed by atoms with E-state index in [2.05, 4.69) is 27.8 Å². The second kappa shape index (κ2) is 9.26. The van der Waals surface area contributed by atoms with Gasteiger partial charge in [0.15, 0.2) is 5.13 Å². The van der Waals surface area contributed by atoms with E-state index in [0.29, 0.717) is 12.8 Å². The molecule has 0 saturated heterocycles. The van der Waals surface area contributed by atoms with Crippen molar-refractivity contribution in [3.05, 3.63) is 70.7 Å². The first-order chi connectivity index (χ1) is 16.5. The number of fused-ring (bicyclic) bond motifs is 3. The number of carbonyl (C=O) groups excluding carboxylic acids is 2. The number of benzene rings is 2. The average molecular weight is 478 g/mol. The van der Waals surface area contributed by atoms with Crippen molar-refractivity contribution in [1.82, 2.24) is 10.3 Å². The van der Waals surface area contributed by atoms with E-state index in [1.54, 1.807) is 0 Å². The average Bonchev–Trinajstić information content (AvgIpc) is 3.56. The van der Waals surface area contributed by atoms with E-state index in [4.69, 9.17) is 4.74 Å². The summed E-state index contributed by atoms with van der Waals surface area (Å²) in [6.45, 7) is 0.177. The highest BCUT2D eigenvalue weighted by atomic mass is 32.1. The van der Waals surface area contributed by atoms with E-state index >= 15 is 0 Å². The monoisotopic (exact) mass is 477 g/mol. The molecule has 2 aliphatic rings. The zero-order chi connectivity index (χ0) is 23.7. The second-order valence-corrected chi connectivity index (χ2v) is 9.30. The van der Waals surface area contributed by atoms with Gasteiger partial charge in [0.05, 0.1) is 5.92 Å². The van der Waals surface area contributed by atoms with Gasteiger partial charge in [-0.25, -0.2) is 9.78 Å². The SMILES string of the molecule is O=C(Nc1nc(C(=O)N[C@@H]2CCC[C@@H]2C(=O)O)cs1)OCC1c2ccccc2-c2ccccc21. The lowest BCUT2D eigenvalue weighted by atomic mass is 9.98. The van der Waals surface area contributed by atoms with Gasteiger partial charge in [-0.05, 0) is 35.1 Å². The largest absolute Gasteiger partial charge is 0.481 e. The van der Waals surface area contributed by atoms with Gasteiger partial charge in [0, 0.05) is 17.3 Å². The third-order valence-corrected chi connectivity index (χ3v) is 7.20. The Labute approximate surface area is 200 Å². The van der Waals surface area contributed by atoms with E-state index in [1.807, 2.05) is 36.4 Å². The summed E-state index contributed by atoms with van der Waals surface area (Å²) in [5.41, 5.74) is 4.67. The van der Waals surface area contributed by atoms with Gasteiger partial charge in [-0.1, -0.05) is 55.0 Å². The predicted octanol–water partition coefficient (Wildman–Crippen LogP) is 4.49. The molecule has 0 spiro atoms. The Kier molecular flexibility index (Phi) is 6.02. The quantitative estimate of drug-likeness (QED) is 0.482. The van der Waals surface area contributed by atoms with Gasteiger partial charge >= 0.3 is 12.1 Å². The molecule has 0 unspecified atom stereocenters. The van der Waals surface area contributed by atoms with Gasteiger partial charge in [0.2, 0.25) is 0 Å². The van der Waals surface area contributed by atoms with Crippen LogP contribution in [0.3, 0.4) is 0 Å². The highest BCUT2D eigenvalue weighted by molar-refractivity contribution is 7.14. The number of carboxylic acids is 1. The first-order valence-electron chi connectivity index (χ1n) is 11.1. The number of nitrogens with one attached hydrogen (secondary N) is 2. The normalized spacial score (nSPS) is 18.7. The lowest BCUT2D eigenvalue weighted by Gasteiger charge is -2.16. The first-order valence-corrected chi connectivity index (χ1v) is 12.0. The predicted molar refractivity (Wildman–Crippen MR) is 127 cm³/mol. The van der Waals surface area contributed by atoms with Gasteiger partial charge in [-0.3, -0.25) is 14.9 Å². The molecule has 2 amide bonds. The molecule has 5 rings (SSSR count). The van der Waals surface area contributed by atoms with Crippen LogP contribution in [0, 0.1) is 5.92 Å². The van der Waals surface area contributed by atoms with Crippen LogP contribution in [-0.2, 0) is 9.53 Å². The molecule has 1 heterocycles. The third-order valence-electron chi connectivity index (χ3n) is 6.44.